The summed E-state index contributed by atoms with van der Waals surface area (Å²) < 4.78 is 15.6. The Hall–Kier alpha value is -4.07. The van der Waals surface area contributed by atoms with Gasteiger partial charge in [-0.15, -0.1) is 0 Å². The first-order valence-electron chi connectivity index (χ1n) is 8.63. The number of aromatic nitrogens is 1. The van der Waals surface area contributed by atoms with Crippen LogP contribution in [0.2, 0.25) is 0 Å². The van der Waals surface area contributed by atoms with Gasteiger partial charge in [0.1, 0.15) is 18.1 Å². The van der Waals surface area contributed by atoms with Gasteiger partial charge in [0.25, 0.3) is 0 Å². The maximum Gasteiger partial charge on any atom is 0.412 e. The van der Waals surface area contributed by atoms with E-state index in [9.17, 15) is 9.59 Å². The maximum absolute atomic E-state index is 12.2. The monoisotopic (exact) mass is 393 g/mol. The van der Waals surface area contributed by atoms with Crippen molar-refractivity contribution in [1.29, 1.82) is 0 Å². The summed E-state index contributed by atoms with van der Waals surface area (Å²) in [6.45, 7) is 0.0426. The van der Waals surface area contributed by atoms with Crippen molar-refractivity contribution in [2.45, 2.75) is 6.61 Å². The first-order chi connectivity index (χ1) is 14.0. The number of nitrogens with two attached hydrogens (primary N) is 1. The minimum absolute atomic E-state index is 0.0426. The SMILES string of the molecule is COc1cccc(C(=O)Oc2ccc(COC(=O)Nc3ccncc3N)cc2)c1. The molecule has 1 heterocycles. The van der Waals surface area contributed by atoms with Crippen molar-refractivity contribution in [3.63, 3.8) is 0 Å². The number of ether oxygens (including phenoxy) is 3. The number of nitrogens with zero attached hydrogens (tertiary/aromatic N) is 1. The molecule has 0 aliphatic carbocycles. The number of carbonyl (C=O) groups excluding carboxylic acids is 2. The molecule has 8 heteroatoms. The molecule has 29 heavy (non-hydrogen) atoms. The zero-order valence-electron chi connectivity index (χ0n) is 15.6. The molecular weight excluding hydrogens is 374 g/mol. The third kappa shape index (κ3) is 5.46. The lowest BCUT2D eigenvalue weighted by molar-refractivity contribution is 0.0734. The Morgan fingerprint density at radius 1 is 1.07 bits per heavy atom. The summed E-state index contributed by atoms with van der Waals surface area (Å²) in [5.41, 5.74) is 7.57. The van der Waals surface area contributed by atoms with Crippen molar-refractivity contribution in [3.8, 4) is 11.5 Å². The molecule has 0 bridgehead atoms. The predicted octanol–water partition coefficient (Wildman–Crippen LogP) is 3.64. The molecule has 0 saturated heterocycles. The maximum atomic E-state index is 12.2. The van der Waals surface area contributed by atoms with Crippen molar-refractivity contribution in [2.75, 3.05) is 18.2 Å². The van der Waals surface area contributed by atoms with E-state index in [2.05, 4.69) is 10.3 Å². The molecule has 3 N–H and O–H groups in total. The van der Waals surface area contributed by atoms with E-state index in [4.69, 9.17) is 19.9 Å². The molecule has 0 radical (unpaired) electrons. The van der Waals surface area contributed by atoms with Crippen molar-refractivity contribution in [3.05, 3.63) is 78.1 Å². The average Bonchev–Trinajstić information content (AvgIpc) is 2.75. The summed E-state index contributed by atoms with van der Waals surface area (Å²) in [5, 5.41) is 2.54. The molecule has 0 atom stereocenters. The topological polar surface area (TPSA) is 113 Å². The van der Waals surface area contributed by atoms with Gasteiger partial charge >= 0.3 is 12.1 Å². The third-order valence-corrected chi connectivity index (χ3v) is 3.90. The van der Waals surface area contributed by atoms with Crippen molar-refractivity contribution in [1.82, 2.24) is 4.98 Å². The number of anilines is 2. The van der Waals surface area contributed by atoms with Crippen LogP contribution in [0.15, 0.2) is 67.0 Å². The molecule has 0 fully saturated rings. The molecule has 148 valence electrons. The van der Waals surface area contributed by atoms with Gasteiger partial charge in [-0.2, -0.15) is 0 Å². The second kappa shape index (κ2) is 9.23. The van der Waals surface area contributed by atoms with Crippen LogP contribution in [0.5, 0.6) is 11.5 Å². The van der Waals surface area contributed by atoms with Crippen molar-refractivity contribution < 1.29 is 23.8 Å². The minimum Gasteiger partial charge on any atom is -0.497 e. The first-order valence-corrected chi connectivity index (χ1v) is 8.63. The van der Waals surface area contributed by atoms with Gasteiger partial charge in [0.15, 0.2) is 0 Å². The number of amides is 1. The van der Waals surface area contributed by atoms with Crippen LogP contribution < -0.4 is 20.5 Å². The molecule has 3 aromatic rings. The molecule has 3 rings (SSSR count). The lowest BCUT2D eigenvalue weighted by atomic mass is 10.2. The van der Waals surface area contributed by atoms with Crippen molar-refractivity contribution in [2.24, 2.45) is 0 Å². The molecule has 0 unspecified atom stereocenters. The number of pyridine rings is 1. The highest BCUT2D eigenvalue weighted by atomic mass is 16.5. The van der Waals surface area contributed by atoms with Gasteiger partial charge in [-0.1, -0.05) is 18.2 Å². The lowest BCUT2D eigenvalue weighted by Crippen LogP contribution is -2.14. The van der Waals surface area contributed by atoms with Crippen LogP contribution in [0.25, 0.3) is 0 Å². The molecular formula is C21H19N3O5. The highest BCUT2D eigenvalue weighted by molar-refractivity contribution is 5.91. The van der Waals surface area contributed by atoms with Crippen LogP contribution in [-0.2, 0) is 11.3 Å². The molecule has 1 amide bonds. The van der Waals surface area contributed by atoms with Gasteiger partial charge < -0.3 is 19.9 Å². The minimum atomic E-state index is -0.642. The summed E-state index contributed by atoms with van der Waals surface area (Å²) in [4.78, 5) is 27.9. The van der Waals surface area contributed by atoms with Crippen LogP contribution in [0, 0.1) is 0 Å². The molecule has 0 aliphatic heterocycles. The molecule has 0 aliphatic rings. The fourth-order valence-electron chi connectivity index (χ4n) is 2.39. The number of rotatable bonds is 6. The third-order valence-electron chi connectivity index (χ3n) is 3.90. The Labute approximate surface area is 167 Å². The predicted molar refractivity (Wildman–Crippen MR) is 107 cm³/mol. The number of methoxy groups -OCH3 is 1. The van der Waals surface area contributed by atoms with E-state index in [0.717, 1.165) is 5.56 Å². The van der Waals surface area contributed by atoms with Gasteiger partial charge in [0.2, 0.25) is 0 Å². The Morgan fingerprint density at radius 3 is 2.59 bits per heavy atom. The number of hydrogen-bond acceptors (Lipinski definition) is 7. The van der Waals surface area contributed by atoms with E-state index in [0.29, 0.717) is 28.4 Å². The second-order valence-electron chi connectivity index (χ2n) is 5.93. The van der Waals surface area contributed by atoms with Gasteiger partial charge in [-0.3, -0.25) is 10.3 Å². The van der Waals surface area contributed by atoms with Crippen LogP contribution in [0.4, 0.5) is 16.2 Å². The van der Waals surface area contributed by atoms with E-state index in [1.165, 1.54) is 19.5 Å². The standard InChI is InChI=1S/C21H19N3O5/c1-27-17-4-2-3-15(11-17)20(25)29-16-7-5-14(6-8-16)13-28-21(26)24-19-9-10-23-12-18(19)22/h2-12H,13,22H2,1H3,(H,23,24,26). The fourth-order valence-corrected chi connectivity index (χ4v) is 2.39. The zero-order valence-corrected chi connectivity index (χ0v) is 15.6. The molecule has 1 aromatic heterocycles. The molecule has 2 aromatic carbocycles. The van der Waals surface area contributed by atoms with E-state index < -0.39 is 12.1 Å². The van der Waals surface area contributed by atoms with E-state index >= 15 is 0 Å². The fraction of sp³-hybridized carbons (Fsp3) is 0.0952. The van der Waals surface area contributed by atoms with Gasteiger partial charge in [0.05, 0.1) is 30.2 Å². The van der Waals surface area contributed by atoms with E-state index in [-0.39, 0.29) is 6.61 Å². The number of hydrogen-bond donors (Lipinski definition) is 2. The van der Waals surface area contributed by atoms with Crippen molar-refractivity contribution >= 4 is 23.4 Å². The zero-order chi connectivity index (χ0) is 20.6. The Balaban J connectivity index is 1.52. The average molecular weight is 393 g/mol. The number of nitrogen functional groups attached to an aromatic ring is 1. The van der Waals surface area contributed by atoms with Crippen LogP contribution in [-0.4, -0.2) is 24.2 Å². The second-order valence-corrected chi connectivity index (χ2v) is 5.93. The summed E-state index contributed by atoms with van der Waals surface area (Å²) in [6, 6.07) is 14.9. The van der Waals surface area contributed by atoms with Gasteiger partial charge in [-0.05, 0) is 42.0 Å². The lowest BCUT2D eigenvalue weighted by Gasteiger charge is -2.09. The number of carbonyl (C=O) groups is 2. The van der Waals surface area contributed by atoms with Crippen LogP contribution in [0.3, 0.4) is 0 Å². The van der Waals surface area contributed by atoms with E-state index in [1.807, 2.05) is 0 Å². The summed E-state index contributed by atoms with van der Waals surface area (Å²) in [6.07, 6.45) is 2.30. The van der Waals surface area contributed by atoms with Gasteiger partial charge in [-0.25, -0.2) is 9.59 Å². The van der Waals surface area contributed by atoms with Crippen LogP contribution >= 0.6 is 0 Å². The summed E-state index contributed by atoms with van der Waals surface area (Å²) in [7, 11) is 1.53. The molecule has 0 spiro atoms. The smallest absolute Gasteiger partial charge is 0.412 e. The normalized spacial score (nSPS) is 10.1. The molecule has 8 nitrogen and oxygen atoms in total. The summed E-state index contributed by atoms with van der Waals surface area (Å²) in [5.74, 6) is 0.441. The number of benzene rings is 2. The largest absolute Gasteiger partial charge is 0.497 e. The quantitative estimate of drug-likeness (QED) is 0.485. The Morgan fingerprint density at radius 2 is 1.86 bits per heavy atom. The van der Waals surface area contributed by atoms with Crippen LogP contribution in [0.1, 0.15) is 15.9 Å². The first kappa shape index (κ1) is 19.7. The highest BCUT2D eigenvalue weighted by Crippen LogP contribution is 2.18. The number of esters is 1. The summed E-state index contributed by atoms with van der Waals surface area (Å²) >= 11 is 0. The Kier molecular flexibility index (Phi) is 6.26. The number of nitrogens with one attached hydrogen (secondary N) is 1. The van der Waals surface area contributed by atoms with E-state index in [1.54, 1.807) is 54.6 Å². The Bertz CT molecular complexity index is 1010. The van der Waals surface area contributed by atoms with Gasteiger partial charge in [0, 0.05) is 6.20 Å². The highest BCUT2D eigenvalue weighted by Gasteiger charge is 2.10. The molecule has 0 saturated carbocycles.